The number of hydrogen-bond donors (Lipinski definition) is 0. The molecule has 1 heterocycles. The topological polar surface area (TPSA) is 59.5 Å². The Kier molecular flexibility index (Phi) is 6.13. The summed E-state index contributed by atoms with van der Waals surface area (Å²) in [6, 6.07) is 9.60. The first-order valence-electron chi connectivity index (χ1n) is 8.47. The van der Waals surface area contributed by atoms with Crippen LogP contribution < -0.4 is 9.64 Å². The second kappa shape index (κ2) is 8.74. The smallest absolute Gasteiger partial charge is 0.230 e. The third kappa shape index (κ3) is 4.72. The van der Waals surface area contributed by atoms with Crippen LogP contribution in [-0.4, -0.2) is 23.8 Å². The number of hydrogen-bond acceptors (Lipinski definition) is 5. The second-order valence-corrected chi connectivity index (χ2v) is 6.77. The van der Waals surface area contributed by atoms with Crippen molar-refractivity contribution < 1.29 is 23.1 Å². The van der Waals surface area contributed by atoms with Gasteiger partial charge in [0.05, 0.1) is 18.5 Å². The number of aromatic nitrogens is 1. The number of methoxy groups -OCH3 is 1. The molecule has 3 aromatic rings. The molecular weight excluding hydrogens is 398 g/mol. The largest absolute Gasteiger partial charge is 0.497 e. The van der Waals surface area contributed by atoms with E-state index in [2.05, 4.69) is 4.98 Å². The standard InChI is InChI=1S/C21H16F2N2O3S/c1-13(26)25(19-9-5-15(22)11-18(19)23)21-24-16(12-29-21)6-10-20(27)14-3-7-17(28-2)8-4-14/h3-12H,1-2H3/b10-6+. The van der Waals surface area contributed by atoms with E-state index in [9.17, 15) is 18.4 Å². The summed E-state index contributed by atoms with van der Waals surface area (Å²) in [5.74, 6) is -1.67. The Bertz CT molecular complexity index is 1080. The van der Waals surface area contributed by atoms with Crippen molar-refractivity contribution in [3.05, 3.63) is 76.8 Å². The molecule has 2 aromatic carbocycles. The number of ketones is 1. The summed E-state index contributed by atoms with van der Waals surface area (Å²) >= 11 is 1.10. The van der Waals surface area contributed by atoms with E-state index in [1.807, 2.05) is 0 Å². The van der Waals surface area contributed by atoms with Crippen LogP contribution in [0.4, 0.5) is 19.6 Å². The molecule has 0 saturated carbocycles. The van der Waals surface area contributed by atoms with Crippen molar-refractivity contribution in [2.75, 3.05) is 12.0 Å². The van der Waals surface area contributed by atoms with Crippen LogP contribution in [-0.2, 0) is 4.79 Å². The Hall–Kier alpha value is -3.39. The molecule has 0 atom stereocenters. The summed E-state index contributed by atoms with van der Waals surface area (Å²) in [6.45, 7) is 1.26. The van der Waals surface area contributed by atoms with Crippen molar-refractivity contribution in [1.29, 1.82) is 0 Å². The number of anilines is 2. The molecule has 8 heteroatoms. The van der Waals surface area contributed by atoms with Crippen LogP contribution in [0.2, 0.25) is 0 Å². The summed E-state index contributed by atoms with van der Waals surface area (Å²) in [5, 5.41) is 1.84. The van der Waals surface area contributed by atoms with Gasteiger partial charge in [0.1, 0.15) is 17.4 Å². The lowest BCUT2D eigenvalue weighted by atomic mass is 10.1. The molecule has 0 bridgehead atoms. The number of halogens is 2. The average molecular weight is 414 g/mol. The van der Waals surface area contributed by atoms with Gasteiger partial charge in [-0.3, -0.25) is 14.5 Å². The third-order valence-electron chi connectivity index (χ3n) is 3.95. The van der Waals surface area contributed by atoms with E-state index in [1.165, 1.54) is 25.1 Å². The van der Waals surface area contributed by atoms with Crippen molar-refractivity contribution >= 4 is 39.9 Å². The van der Waals surface area contributed by atoms with Gasteiger partial charge in [-0.1, -0.05) is 0 Å². The van der Waals surface area contributed by atoms with Crippen molar-refractivity contribution in [2.45, 2.75) is 6.92 Å². The average Bonchev–Trinajstić information content (AvgIpc) is 3.16. The third-order valence-corrected chi connectivity index (χ3v) is 4.79. The fraction of sp³-hybridized carbons (Fsp3) is 0.0952. The Morgan fingerprint density at radius 3 is 2.48 bits per heavy atom. The van der Waals surface area contributed by atoms with E-state index in [0.717, 1.165) is 22.3 Å². The Morgan fingerprint density at radius 2 is 1.86 bits per heavy atom. The van der Waals surface area contributed by atoms with E-state index >= 15 is 0 Å². The van der Waals surface area contributed by atoms with Crippen molar-refractivity contribution in [3.8, 4) is 5.75 Å². The zero-order valence-electron chi connectivity index (χ0n) is 15.6. The van der Waals surface area contributed by atoms with E-state index in [-0.39, 0.29) is 16.6 Å². The molecule has 3 rings (SSSR count). The van der Waals surface area contributed by atoms with Gasteiger partial charge in [-0.05, 0) is 48.6 Å². The first-order chi connectivity index (χ1) is 13.9. The summed E-state index contributed by atoms with van der Waals surface area (Å²) in [7, 11) is 1.54. The highest BCUT2D eigenvalue weighted by molar-refractivity contribution is 7.14. The summed E-state index contributed by atoms with van der Waals surface area (Å²) < 4.78 is 32.4. The fourth-order valence-electron chi connectivity index (χ4n) is 2.54. The number of rotatable bonds is 6. The molecule has 0 aliphatic heterocycles. The van der Waals surface area contributed by atoms with E-state index in [1.54, 1.807) is 36.8 Å². The van der Waals surface area contributed by atoms with Crippen molar-refractivity contribution in [2.24, 2.45) is 0 Å². The van der Waals surface area contributed by atoms with Crippen LogP contribution in [0.3, 0.4) is 0 Å². The number of nitrogens with zero attached hydrogens (tertiary/aromatic N) is 2. The highest BCUT2D eigenvalue weighted by Gasteiger charge is 2.21. The summed E-state index contributed by atoms with van der Waals surface area (Å²) in [4.78, 5) is 29.6. The molecule has 1 amide bonds. The molecule has 0 spiro atoms. The number of amides is 1. The Labute approximate surface area is 169 Å². The highest BCUT2D eigenvalue weighted by atomic mass is 32.1. The van der Waals surface area contributed by atoms with Gasteiger partial charge in [0.2, 0.25) is 5.91 Å². The van der Waals surface area contributed by atoms with Crippen molar-refractivity contribution in [3.63, 3.8) is 0 Å². The van der Waals surface area contributed by atoms with Crippen LogP contribution in [0, 0.1) is 11.6 Å². The van der Waals surface area contributed by atoms with Crippen LogP contribution >= 0.6 is 11.3 Å². The number of carbonyl (C=O) groups excluding carboxylic acids is 2. The number of thiazole rings is 1. The quantitative estimate of drug-likeness (QED) is 0.420. The first-order valence-corrected chi connectivity index (χ1v) is 9.34. The molecule has 0 unspecified atom stereocenters. The SMILES string of the molecule is COc1ccc(C(=O)/C=C/c2csc(N(C(C)=O)c3ccc(F)cc3F)n2)cc1. The number of benzene rings is 2. The van der Waals surface area contributed by atoms with Crippen LogP contribution in [0.5, 0.6) is 5.75 Å². The molecular formula is C21H16F2N2O3S. The molecule has 0 saturated heterocycles. The molecule has 148 valence electrons. The predicted octanol–water partition coefficient (Wildman–Crippen LogP) is 5.01. The molecule has 0 fully saturated rings. The van der Waals surface area contributed by atoms with Crippen LogP contribution in [0.15, 0.2) is 53.9 Å². The van der Waals surface area contributed by atoms with Crippen LogP contribution in [0.1, 0.15) is 23.0 Å². The molecule has 29 heavy (non-hydrogen) atoms. The van der Waals surface area contributed by atoms with Gasteiger partial charge in [0, 0.05) is 23.9 Å². The summed E-state index contributed by atoms with van der Waals surface area (Å²) in [5.41, 5.74) is 0.815. The van der Waals surface area contributed by atoms with Gasteiger partial charge in [-0.2, -0.15) is 0 Å². The minimum atomic E-state index is -0.873. The molecule has 0 N–H and O–H groups in total. The molecule has 5 nitrogen and oxygen atoms in total. The lowest BCUT2D eigenvalue weighted by Gasteiger charge is -2.18. The second-order valence-electron chi connectivity index (χ2n) is 5.93. The maximum Gasteiger partial charge on any atom is 0.230 e. The lowest BCUT2D eigenvalue weighted by molar-refractivity contribution is -0.115. The highest BCUT2D eigenvalue weighted by Crippen LogP contribution is 2.31. The lowest BCUT2D eigenvalue weighted by Crippen LogP contribution is -2.23. The number of allylic oxidation sites excluding steroid dienone is 1. The Balaban J connectivity index is 1.81. The molecule has 0 aliphatic carbocycles. The van der Waals surface area contributed by atoms with Gasteiger partial charge in [-0.25, -0.2) is 13.8 Å². The summed E-state index contributed by atoms with van der Waals surface area (Å²) in [6.07, 6.45) is 2.86. The van der Waals surface area contributed by atoms with Crippen LogP contribution in [0.25, 0.3) is 6.08 Å². The minimum Gasteiger partial charge on any atom is -0.497 e. The van der Waals surface area contributed by atoms with Gasteiger partial charge < -0.3 is 4.74 Å². The Morgan fingerprint density at radius 1 is 1.14 bits per heavy atom. The van der Waals surface area contributed by atoms with Gasteiger partial charge in [0.15, 0.2) is 10.9 Å². The maximum absolute atomic E-state index is 14.1. The van der Waals surface area contributed by atoms with E-state index in [4.69, 9.17) is 4.74 Å². The normalized spacial score (nSPS) is 10.9. The monoisotopic (exact) mass is 414 g/mol. The van der Waals surface area contributed by atoms with Gasteiger partial charge in [0.25, 0.3) is 0 Å². The molecule has 0 radical (unpaired) electrons. The van der Waals surface area contributed by atoms with E-state index in [0.29, 0.717) is 23.1 Å². The zero-order chi connectivity index (χ0) is 21.0. The van der Waals surface area contributed by atoms with Gasteiger partial charge >= 0.3 is 0 Å². The maximum atomic E-state index is 14.1. The number of carbonyl (C=O) groups is 2. The predicted molar refractivity (Wildman–Crippen MR) is 108 cm³/mol. The van der Waals surface area contributed by atoms with Crippen molar-refractivity contribution in [1.82, 2.24) is 4.98 Å². The fourth-order valence-corrected chi connectivity index (χ4v) is 3.39. The minimum absolute atomic E-state index is 0.0990. The first kappa shape index (κ1) is 20.3. The molecule has 0 aliphatic rings. The molecule has 1 aromatic heterocycles. The van der Waals surface area contributed by atoms with Gasteiger partial charge in [-0.15, -0.1) is 11.3 Å². The number of ether oxygens (including phenoxy) is 1. The zero-order valence-corrected chi connectivity index (χ0v) is 16.4. The van der Waals surface area contributed by atoms with E-state index < -0.39 is 17.5 Å².